The van der Waals surface area contributed by atoms with Crippen molar-refractivity contribution in [3.63, 3.8) is 0 Å². The second kappa shape index (κ2) is 6.48. The van der Waals surface area contributed by atoms with Gasteiger partial charge in [0.1, 0.15) is 0 Å². The van der Waals surface area contributed by atoms with Gasteiger partial charge in [-0.15, -0.1) is 0 Å². The van der Waals surface area contributed by atoms with Crippen LogP contribution in [0, 0.1) is 10.8 Å². The molecule has 0 aromatic heterocycles. The summed E-state index contributed by atoms with van der Waals surface area (Å²) in [5.74, 6) is -0.581. The predicted molar refractivity (Wildman–Crippen MR) is 85.5 cm³/mol. The summed E-state index contributed by atoms with van der Waals surface area (Å²) in [5.41, 5.74) is 2.23. The largest absolute Gasteiger partial charge is 0.348 e. The Morgan fingerprint density at radius 3 is 1.86 bits per heavy atom. The zero-order valence-electron chi connectivity index (χ0n) is 14.2. The Kier molecular flexibility index (Phi) is 5.35. The molecule has 1 atom stereocenters. The average molecular weight is 306 g/mol. The molecule has 0 radical (unpaired) electrons. The molecule has 0 fully saturated rings. The van der Waals surface area contributed by atoms with Crippen LogP contribution in [0.1, 0.15) is 63.5 Å². The maximum atomic E-state index is 12.3. The zero-order chi connectivity index (χ0) is 17.1. The molecule has 0 aliphatic rings. The second-order valence-corrected chi connectivity index (χ2v) is 7.59. The molecule has 22 heavy (non-hydrogen) atoms. The average Bonchev–Trinajstić information content (AvgIpc) is 2.41. The predicted octanol–water partition coefficient (Wildman–Crippen LogP) is 3.06. The Hall–Kier alpha value is -1.88. The number of nitrogens with one attached hydrogen (secondary N) is 2. The van der Waals surface area contributed by atoms with Gasteiger partial charge in [0, 0.05) is 11.0 Å². The fourth-order valence-electron chi connectivity index (χ4n) is 2.04. The SMILES string of the molecule is CC(C)(C)C(=O)N[C@H](c1ccc(C(=O)NO)cc1)C(C)(C)C. The van der Waals surface area contributed by atoms with Gasteiger partial charge in [0.05, 0.1) is 6.04 Å². The Bertz CT molecular complexity index is 537. The first kappa shape index (κ1) is 18.2. The summed E-state index contributed by atoms with van der Waals surface area (Å²) in [6.07, 6.45) is 0. The van der Waals surface area contributed by atoms with Crippen molar-refractivity contribution < 1.29 is 14.8 Å². The molecule has 0 spiro atoms. The summed E-state index contributed by atoms with van der Waals surface area (Å²) in [5, 5.41) is 11.7. The summed E-state index contributed by atoms with van der Waals surface area (Å²) in [6, 6.07) is 6.67. The monoisotopic (exact) mass is 306 g/mol. The molecule has 1 rings (SSSR count). The normalized spacial score (nSPS) is 13.4. The zero-order valence-corrected chi connectivity index (χ0v) is 14.2. The lowest BCUT2D eigenvalue weighted by atomic mass is 9.81. The van der Waals surface area contributed by atoms with Crippen molar-refractivity contribution in [2.45, 2.75) is 47.6 Å². The van der Waals surface area contributed by atoms with E-state index in [0.29, 0.717) is 5.56 Å². The van der Waals surface area contributed by atoms with Crippen LogP contribution >= 0.6 is 0 Å². The first-order chi connectivity index (χ1) is 9.96. The van der Waals surface area contributed by atoms with Crippen LogP contribution in [0.3, 0.4) is 0 Å². The molecular weight excluding hydrogens is 280 g/mol. The number of amides is 2. The molecule has 122 valence electrons. The third-order valence-electron chi connectivity index (χ3n) is 3.43. The number of carbonyl (C=O) groups is 2. The molecule has 1 aromatic rings. The van der Waals surface area contributed by atoms with Crippen LogP contribution in [0.15, 0.2) is 24.3 Å². The van der Waals surface area contributed by atoms with E-state index in [2.05, 4.69) is 26.1 Å². The van der Waals surface area contributed by atoms with Crippen LogP contribution < -0.4 is 10.8 Å². The molecule has 2 amide bonds. The molecule has 0 unspecified atom stereocenters. The van der Waals surface area contributed by atoms with Crippen LogP contribution in [0.25, 0.3) is 0 Å². The fraction of sp³-hybridized carbons (Fsp3) is 0.529. The van der Waals surface area contributed by atoms with Crippen molar-refractivity contribution in [2.24, 2.45) is 10.8 Å². The molecule has 5 nitrogen and oxygen atoms in total. The van der Waals surface area contributed by atoms with E-state index in [9.17, 15) is 9.59 Å². The van der Waals surface area contributed by atoms with Crippen LogP contribution in [-0.2, 0) is 4.79 Å². The molecule has 5 heteroatoms. The topological polar surface area (TPSA) is 78.4 Å². The smallest absolute Gasteiger partial charge is 0.274 e. The van der Waals surface area contributed by atoms with Gasteiger partial charge >= 0.3 is 0 Å². The van der Waals surface area contributed by atoms with E-state index >= 15 is 0 Å². The quantitative estimate of drug-likeness (QED) is 0.593. The van der Waals surface area contributed by atoms with Crippen molar-refractivity contribution in [3.05, 3.63) is 35.4 Å². The maximum Gasteiger partial charge on any atom is 0.274 e. The highest BCUT2D eigenvalue weighted by atomic mass is 16.5. The molecule has 0 bridgehead atoms. The van der Waals surface area contributed by atoms with Gasteiger partial charge in [-0.05, 0) is 23.1 Å². The Balaban J connectivity index is 3.08. The van der Waals surface area contributed by atoms with Gasteiger partial charge in [-0.3, -0.25) is 14.8 Å². The molecule has 0 saturated heterocycles. The Labute approximate surface area is 132 Å². The number of hydrogen-bond acceptors (Lipinski definition) is 3. The third-order valence-corrected chi connectivity index (χ3v) is 3.43. The van der Waals surface area contributed by atoms with Crippen LogP contribution in [0.2, 0.25) is 0 Å². The van der Waals surface area contributed by atoms with Gasteiger partial charge in [0.2, 0.25) is 5.91 Å². The molecule has 0 saturated carbocycles. The van der Waals surface area contributed by atoms with Crippen molar-refractivity contribution in [1.29, 1.82) is 0 Å². The minimum absolute atomic E-state index is 0.0235. The minimum Gasteiger partial charge on any atom is -0.348 e. The number of rotatable bonds is 3. The van der Waals surface area contributed by atoms with E-state index in [1.165, 1.54) is 0 Å². The van der Waals surface area contributed by atoms with Gasteiger partial charge in [-0.2, -0.15) is 0 Å². The van der Waals surface area contributed by atoms with Crippen molar-refractivity contribution in [2.75, 3.05) is 0 Å². The summed E-state index contributed by atoms with van der Waals surface area (Å²) in [6.45, 7) is 11.8. The van der Waals surface area contributed by atoms with E-state index < -0.39 is 11.3 Å². The molecule has 0 aliphatic heterocycles. The number of hydroxylamine groups is 1. The van der Waals surface area contributed by atoms with E-state index in [1.54, 1.807) is 29.7 Å². The van der Waals surface area contributed by atoms with E-state index in [1.807, 2.05) is 20.8 Å². The van der Waals surface area contributed by atoms with E-state index in [-0.39, 0.29) is 17.4 Å². The standard InChI is InChI=1S/C17H26N2O3/c1-16(2,3)13(18-15(21)17(4,5)6)11-7-9-12(10-8-11)14(20)19-22/h7-10,13,22H,1-6H3,(H,18,21)(H,19,20)/t13-/m1/s1. The Morgan fingerprint density at radius 2 is 1.50 bits per heavy atom. The van der Waals surface area contributed by atoms with Crippen LogP contribution in [0.5, 0.6) is 0 Å². The van der Waals surface area contributed by atoms with Gasteiger partial charge < -0.3 is 5.32 Å². The second-order valence-electron chi connectivity index (χ2n) is 7.59. The lowest BCUT2D eigenvalue weighted by molar-refractivity contribution is -0.130. The van der Waals surface area contributed by atoms with Crippen molar-refractivity contribution in [3.8, 4) is 0 Å². The first-order valence-corrected chi connectivity index (χ1v) is 7.32. The van der Waals surface area contributed by atoms with Crippen molar-refractivity contribution in [1.82, 2.24) is 10.8 Å². The maximum absolute atomic E-state index is 12.3. The highest BCUT2D eigenvalue weighted by molar-refractivity contribution is 5.93. The molecular formula is C17H26N2O3. The lowest BCUT2D eigenvalue weighted by Gasteiger charge is -2.34. The Morgan fingerprint density at radius 1 is 1.00 bits per heavy atom. The number of benzene rings is 1. The lowest BCUT2D eigenvalue weighted by Crippen LogP contribution is -2.42. The van der Waals surface area contributed by atoms with E-state index in [0.717, 1.165) is 5.56 Å². The van der Waals surface area contributed by atoms with Gasteiger partial charge in [0.15, 0.2) is 0 Å². The van der Waals surface area contributed by atoms with Gasteiger partial charge in [0.25, 0.3) is 5.91 Å². The molecule has 1 aromatic carbocycles. The first-order valence-electron chi connectivity index (χ1n) is 7.32. The fourth-order valence-corrected chi connectivity index (χ4v) is 2.04. The highest BCUT2D eigenvalue weighted by Gasteiger charge is 2.31. The third kappa shape index (κ3) is 4.56. The van der Waals surface area contributed by atoms with E-state index in [4.69, 9.17) is 5.21 Å². The minimum atomic E-state index is -0.558. The van der Waals surface area contributed by atoms with Crippen LogP contribution in [0.4, 0.5) is 0 Å². The van der Waals surface area contributed by atoms with Gasteiger partial charge in [-0.1, -0.05) is 53.7 Å². The number of hydrogen-bond donors (Lipinski definition) is 3. The molecule has 3 N–H and O–H groups in total. The number of carbonyl (C=O) groups excluding carboxylic acids is 2. The van der Waals surface area contributed by atoms with Crippen molar-refractivity contribution >= 4 is 11.8 Å². The van der Waals surface area contributed by atoms with Gasteiger partial charge in [-0.25, -0.2) is 5.48 Å². The van der Waals surface area contributed by atoms with Crippen LogP contribution in [-0.4, -0.2) is 17.0 Å². The summed E-state index contributed by atoms with van der Waals surface area (Å²) >= 11 is 0. The molecule has 0 heterocycles. The highest BCUT2D eigenvalue weighted by Crippen LogP contribution is 2.33. The molecule has 0 aliphatic carbocycles. The summed E-state index contributed by atoms with van der Waals surface area (Å²) < 4.78 is 0. The summed E-state index contributed by atoms with van der Waals surface area (Å²) in [7, 11) is 0. The summed E-state index contributed by atoms with van der Waals surface area (Å²) in [4.78, 5) is 23.7.